The average Bonchev–Trinajstić information content (AvgIpc) is 3.01. The van der Waals surface area contributed by atoms with Gasteiger partial charge in [-0.25, -0.2) is 19.2 Å². The highest BCUT2D eigenvalue weighted by molar-refractivity contribution is 6.03. The summed E-state index contributed by atoms with van der Waals surface area (Å²) in [5.41, 5.74) is 0.575. The lowest BCUT2D eigenvalue weighted by Crippen LogP contribution is -2.08. The highest BCUT2D eigenvalue weighted by atomic mass is 16.5. The molecule has 0 aliphatic rings. The maximum Gasteiger partial charge on any atom is 0.336 e. The molecule has 0 aliphatic heterocycles. The molecular formula is C34H22O10. The summed E-state index contributed by atoms with van der Waals surface area (Å²) >= 11 is 0. The number of carboxylic acid groups (broad SMARTS) is 4. The fraction of sp³-hybridized carbons (Fsp3) is 0. The maximum absolute atomic E-state index is 11.7. The molecule has 10 nitrogen and oxygen atoms in total. The third kappa shape index (κ3) is 6.09. The Morgan fingerprint density at radius 1 is 0.409 bits per heavy atom. The molecule has 5 rings (SSSR count). The zero-order valence-electron chi connectivity index (χ0n) is 22.6. The van der Waals surface area contributed by atoms with Gasteiger partial charge in [-0.1, -0.05) is 54.6 Å². The number of ether oxygens (including phenoxy) is 2. The third-order valence-corrected chi connectivity index (χ3v) is 6.62. The van der Waals surface area contributed by atoms with E-state index in [-0.39, 0.29) is 22.3 Å². The van der Waals surface area contributed by atoms with Crippen LogP contribution >= 0.6 is 0 Å². The van der Waals surface area contributed by atoms with Crippen molar-refractivity contribution in [1.82, 2.24) is 0 Å². The molecule has 0 heterocycles. The quantitative estimate of drug-likeness (QED) is 0.129. The molecule has 4 N–H and O–H groups in total. The first kappa shape index (κ1) is 29.1. The van der Waals surface area contributed by atoms with Gasteiger partial charge in [-0.15, -0.1) is 0 Å². The predicted octanol–water partition coefficient (Wildman–Crippen LogP) is 7.40. The Bertz CT molecular complexity index is 1810. The number of carbonyl (C=O) groups is 4. The van der Waals surface area contributed by atoms with Crippen LogP contribution in [0.25, 0.3) is 22.3 Å². The molecule has 0 radical (unpaired) electrons. The summed E-state index contributed by atoms with van der Waals surface area (Å²) in [6.07, 6.45) is 0. The average molecular weight is 591 g/mol. The molecule has 0 aliphatic carbocycles. The van der Waals surface area contributed by atoms with E-state index in [4.69, 9.17) is 9.47 Å². The van der Waals surface area contributed by atoms with Crippen LogP contribution in [0.4, 0.5) is 0 Å². The zero-order valence-corrected chi connectivity index (χ0v) is 22.6. The standard InChI is InChI=1S/C34H22O10/c35-31(36)25-14-12-19(16-27(25)33(39)40)23-8-1-3-10-29(23)43-21-6-5-7-22(18-21)44-30-11-4-2-9-24(30)20-13-15-26(32(37)38)28(17-20)34(41)42/h1-18H,(H,35,36)(H,37,38)(H,39,40)(H,41,42). The Labute approximate surface area is 249 Å². The number of benzene rings is 5. The van der Waals surface area contributed by atoms with E-state index >= 15 is 0 Å². The number of rotatable bonds is 10. The molecular weight excluding hydrogens is 568 g/mol. The summed E-state index contributed by atoms with van der Waals surface area (Å²) in [4.78, 5) is 46.4. The van der Waals surface area contributed by atoms with E-state index in [0.29, 0.717) is 45.3 Å². The highest BCUT2D eigenvalue weighted by Gasteiger charge is 2.20. The van der Waals surface area contributed by atoms with Gasteiger partial charge < -0.3 is 29.9 Å². The minimum atomic E-state index is -1.37. The van der Waals surface area contributed by atoms with Gasteiger partial charge in [0.05, 0.1) is 22.3 Å². The van der Waals surface area contributed by atoms with Crippen molar-refractivity contribution in [3.05, 3.63) is 131 Å². The smallest absolute Gasteiger partial charge is 0.336 e. The van der Waals surface area contributed by atoms with Crippen molar-refractivity contribution < 1.29 is 49.1 Å². The molecule has 0 aromatic heterocycles. The first-order valence-corrected chi connectivity index (χ1v) is 13.0. The van der Waals surface area contributed by atoms with Crippen LogP contribution in [-0.2, 0) is 0 Å². The van der Waals surface area contributed by atoms with E-state index in [2.05, 4.69) is 0 Å². The van der Waals surface area contributed by atoms with Crippen molar-refractivity contribution >= 4 is 23.9 Å². The number of hydrogen-bond donors (Lipinski definition) is 4. The fourth-order valence-corrected chi connectivity index (χ4v) is 4.59. The molecule has 10 heteroatoms. The van der Waals surface area contributed by atoms with Crippen LogP contribution in [0.2, 0.25) is 0 Å². The van der Waals surface area contributed by atoms with Crippen LogP contribution in [0.1, 0.15) is 41.4 Å². The number of carboxylic acids is 4. The zero-order chi connectivity index (χ0) is 31.4. The first-order chi connectivity index (χ1) is 21.1. The molecule has 0 saturated carbocycles. The van der Waals surface area contributed by atoms with Gasteiger partial charge in [0, 0.05) is 17.2 Å². The summed E-state index contributed by atoms with van der Waals surface area (Å²) in [6.45, 7) is 0. The minimum Gasteiger partial charge on any atom is -0.478 e. The van der Waals surface area contributed by atoms with Crippen molar-refractivity contribution in [3.8, 4) is 45.3 Å². The van der Waals surface area contributed by atoms with Crippen molar-refractivity contribution in [3.63, 3.8) is 0 Å². The van der Waals surface area contributed by atoms with E-state index in [1.807, 2.05) is 0 Å². The second-order valence-electron chi connectivity index (χ2n) is 9.41. The van der Waals surface area contributed by atoms with Gasteiger partial charge in [-0.2, -0.15) is 0 Å². The molecule has 0 fully saturated rings. The van der Waals surface area contributed by atoms with Gasteiger partial charge in [-0.05, 0) is 59.7 Å². The summed E-state index contributed by atoms with van der Waals surface area (Å²) in [6, 6.07) is 28.5. The monoisotopic (exact) mass is 590 g/mol. The number of aromatic carboxylic acids is 4. The Kier molecular flexibility index (Phi) is 8.07. The van der Waals surface area contributed by atoms with Crippen LogP contribution in [-0.4, -0.2) is 44.3 Å². The topological polar surface area (TPSA) is 168 Å². The lowest BCUT2D eigenvalue weighted by molar-refractivity contribution is 0.0651. The van der Waals surface area contributed by atoms with Crippen molar-refractivity contribution in [1.29, 1.82) is 0 Å². The molecule has 5 aromatic carbocycles. The molecule has 5 aromatic rings. The molecule has 0 bridgehead atoms. The van der Waals surface area contributed by atoms with Crippen molar-refractivity contribution in [2.75, 3.05) is 0 Å². The molecule has 0 amide bonds. The SMILES string of the molecule is O=C(O)c1ccc(-c2ccccc2Oc2cccc(Oc3ccccc3-c3ccc(C(=O)O)c(C(=O)O)c3)c2)cc1C(=O)O. The minimum absolute atomic E-state index is 0.332. The predicted molar refractivity (Wildman–Crippen MR) is 158 cm³/mol. The van der Waals surface area contributed by atoms with Gasteiger partial charge in [0.25, 0.3) is 0 Å². The molecule has 0 unspecified atom stereocenters. The highest BCUT2D eigenvalue weighted by Crippen LogP contribution is 2.38. The summed E-state index contributed by atoms with van der Waals surface area (Å²) in [5, 5.41) is 37.8. The molecule has 218 valence electrons. The Morgan fingerprint density at radius 3 is 1.18 bits per heavy atom. The third-order valence-electron chi connectivity index (χ3n) is 6.62. The van der Waals surface area contributed by atoms with Gasteiger partial charge in [0.1, 0.15) is 23.0 Å². The Hall–Kier alpha value is -6.42. The lowest BCUT2D eigenvalue weighted by Gasteiger charge is -2.15. The summed E-state index contributed by atoms with van der Waals surface area (Å²) in [5.74, 6) is -3.92. The van der Waals surface area contributed by atoms with Crippen LogP contribution in [0.3, 0.4) is 0 Å². The normalized spacial score (nSPS) is 10.5. The van der Waals surface area contributed by atoms with E-state index < -0.39 is 23.9 Å². The molecule has 44 heavy (non-hydrogen) atoms. The van der Waals surface area contributed by atoms with Gasteiger partial charge >= 0.3 is 23.9 Å². The van der Waals surface area contributed by atoms with Gasteiger partial charge in [0.15, 0.2) is 0 Å². The van der Waals surface area contributed by atoms with E-state index in [1.54, 1.807) is 72.8 Å². The van der Waals surface area contributed by atoms with Crippen molar-refractivity contribution in [2.24, 2.45) is 0 Å². The molecule has 0 spiro atoms. The van der Waals surface area contributed by atoms with E-state index in [9.17, 15) is 39.6 Å². The lowest BCUT2D eigenvalue weighted by atomic mass is 9.98. The Balaban J connectivity index is 1.45. The van der Waals surface area contributed by atoms with Crippen LogP contribution < -0.4 is 9.47 Å². The molecule has 0 atom stereocenters. The second-order valence-corrected chi connectivity index (χ2v) is 9.41. The van der Waals surface area contributed by atoms with E-state index in [0.717, 1.165) is 0 Å². The molecule has 0 saturated heterocycles. The maximum atomic E-state index is 11.7. The Morgan fingerprint density at radius 2 is 0.795 bits per heavy atom. The first-order valence-electron chi connectivity index (χ1n) is 13.0. The van der Waals surface area contributed by atoms with Gasteiger partial charge in [0.2, 0.25) is 0 Å². The summed E-state index contributed by atoms with van der Waals surface area (Å²) in [7, 11) is 0. The van der Waals surface area contributed by atoms with E-state index in [1.165, 1.54) is 36.4 Å². The van der Waals surface area contributed by atoms with Crippen LogP contribution in [0.15, 0.2) is 109 Å². The van der Waals surface area contributed by atoms with Gasteiger partial charge in [-0.3, -0.25) is 0 Å². The van der Waals surface area contributed by atoms with Crippen LogP contribution in [0.5, 0.6) is 23.0 Å². The number of para-hydroxylation sites is 2. The second kappa shape index (κ2) is 12.2. The largest absolute Gasteiger partial charge is 0.478 e. The number of hydrogen-bond acceptors (Lipinski definition) is 6. The van der Waals surface area contributed by atoms with Crippen molar-refractivity contribution in [2.45, 2.75) is 0 Å². The summed E-state index contributed by atoms with van der Waals surface area (Å²) < 4.78 is 12.3. The fourth-order valence-electron chi connectivity index (χ4n) is 4.59. The van der Waals surface area contributed by atoms with Crippen LogP contribution in [0, 0.1) is 0 Å².